The van der Waals surface area contributed by atoms with Crippen molar-refractivity contribution in [1.29, 1.82) is 0 Å². The van der Waals surface area contributed by atoms with E-state index in [0.29, 0.717) is 11.3 Å². The second-order valence-electron chi connectivity index (χ2n) is 9.33. The number of aromatic nitrogens is 1. The van der Waals surface area contributed by atoms with E-state index in [2.05, 4.69) is 9.46 Å². The summed E-state index contributed by atoms with van der Waals surface area (Å²) in [4.78, 5) is 16.0. The van der Waals surface area contributed by atoms with Crippen LogP contribution in [0.5, 0.6) is 5.75 Å². The Bertz CT molecular complexity index is 1650. The van der Waals surface area contributed by atoms with Crippen molar-refractivity contribution < 1.29 is 36.2 Å². The minimum atomic E-state index is -4.87. The summed E-state index contributed by atoms with van der Waals surface area (Å²) in [5.74, 6) is -1.41. The van der Waals surface area contributed by atoms with Crippen LogP contribution in [0.25, 0.3) is 10.8 Å². The predicted octanol–water partition coefficient (Wildman–Crippen LogP) is 6.09. The van der Waals surface area contributed by atoms with E-state index in [1.807, 2.05) is 31.2 Å². The van der Waals surface area contributed by atoms with Gasteiger partial charge < -0.3 is 9.84 Å². The van der Waals surface area contributed by atoms with Gasteiger partial charge in [0.1, 0.15) is 5.75 Å². The zero-order valence-corrected chi connectivity index (χ0v) is 21.4. The van der Waals surface area contributed by atoms with E-state index in [0.717, 1.165) is 47.0 Å². The lowest BCUT2D eigenvalue weighted by molar-refractivity contribution is -0.274. The quantitative estimate of drug-likeness (QED) is 0.272. The molecule has 0 aliphatic heterocycles. The van der Waals surface area contributed by atoms with Crippen molar-refractivity contribution in [2.45, 2.75) is 43.0 Å². The number of pyridine rings is 1. The van der Waals surface area contributed by atoms with Gasteiger partial charge in [0.2, 0.25) is 10.0 Å². The van der Waals surface area contributed by atoms with Gasteiger partial charge in [-0.1, -0.05) is 36.4 Å². The van der Waals surface area contributed by atoms with Crippen LogP contribution in [0, 0.1) is 6.92 Å². The number of sulfonamides is 1. The number of alkyl halides is 3. The second-order valence-corrected chi connectivity index (χ2v) is 11.0. The molecule has 202 valence electrons. The molecule has 5 rings (SSSR count). The van der Waals surface area contributed by atoms with Crippen molar-refractivity contribution in [3.8, 4) is 5.75 Å². The third kappa shape index (κ3) is 5.74. The van der Waals surface area contributed by atoms with Crippen LogP contribution in [0.4, 0.5) is 13.2 Å². The molecule has 3 aromatic carbocycles. The highest BCUT2D eigenvalue weighted by molar-refractivity contribution is 7.89. The summed E-state index contributed by atoms with van der Waals surface area (Å²) < 4.78 is 71.7. The van der Waals surface area contributed by atoms with Crippen molar-refractivity contribution in [1.82, 2.24) is 9.71 Å². The molecule has 1 heterocycles. The Morgan fingerprint density at radius 1 is 1.00 bits per heavy atom. The SMILES string of the molecule is Cc1c(C(NS(=O)(=O)c2ccc(C(=O)O)cc2)c2ccc(OC(F)(F)F)cc2)nc(C2CC2)c2ccccc12. The van der Waals surface area contributed by atoms with Crippen LogP contribution in [0.2, 0.25) is 0 Å². The van der Waals surface area contributed by atoms with Gasteiger partial charge >= 0.3 is 12.3 Å². The Labute approximate surface area is 222 Å². The smallest absolute Gasteiger partial charge is 0.478 e. The Morgan fingerprint density at radius 2 is 1.62 bits per heavy atom. The van der Waals surface area contributed by atoms with Crippen LogP contribution in [0.1, 0.15) is 57.7 Å². The number of carboxylic acid groups (broad SMARTS) is 1. The summed E-state index contributed by atoms with van der Waals surface area (Å²) in [5, 5.41) is 11.0. The Morgan fingerprint density at radius 3 is 2.18 bits per heavy atom. The largest absolute Gasteiger partial charge is 0.573 e. The molecule has 7 nitrogen and oxygen atoms in total. The monoisotopic (exact) mass is 556 g/mol. The van der Waals surface area contributed by atoms with Crippen LogP contribution < -0.4 is 9.46 Å². The van der Waals surface area contributed by atoms with E-state index in [-0.39, 0.29) is 16.4 Å². The number of nitrogens with one attached hydrogen (secondary N) is 1. The average molecular weight is 557 g/mol. The van der Waals surface area contributed by atoms with Gasteiger partial charge in [-0.2, -0.15) is 4.72 Å². The summed E-state index contributed by atoms with van der Waals surface area (Å²) in [6, 6.07) is 16.3. The third-order valence-electron chi connectivity index (χ3n) is 6.60. The fraction of sp³-hybridized carbons (Fsp3) is 0.214. The predicted molar refractivity (Wildman–Crippen MR) is 137 cm³/mol. The number of benzene rings is 3. The molecule has 39 heavy (non-hydrogen) atoms. The molecular formula is C28H23F3N2O5S. The molecule has 1 atom stereocenters. The molecule has 1 unspecified atom stereocenters. The molecule has 1 aromatic heterocycles. The van der Waals surface area contributed by atoms with E-state index in [1.165, 1.54) is 36.4 Å². The molecule has 1 aliphatic carbocycles. The van der Waals surface area contributed by atoms with Crippen molar-refractivity contribution in [3.63, 3.8) is 0 Å². The van der Waals surface area contributed by atoms with Crippen molar-refractivity contribution in [3.05, 3.63) is 101 Å². The van der Waals surface area contributed by atoms with E-state index < -0.39 is 34.1 Å². The Hall–Kier alpha value is -3.96. The van der Waals surface area contributed by atoms with Crippen LogP contribution in [-0.2, 0) is 10.0 Å². The van der Waals surface area contributed by atoms with Gasteiger partial charge in [-0.3, -0.25) is 4.98 Å². The molecule has 11 heteroatoms. The van der Waals surface area contributed by atoms with Crippen LogP contribution >= 0.6 is 0 Å². The highest BCUT2D eigenvalue weighted by atomic mass is 32.2. The fourth-order valence-electron chi connectivity index (χ4n) is 4.54. The van der Waals surface area contributed by atoms with Gasteiger partial charge in [0.25, 0.3) is 0 Å². The molecule has 1 aliphatic rings. The van der Waals surface area contributed by atoms with Gasteiger partial charge in [0.15, 0.2) is 0 Å². The number of carboxylic acids is 1. The zero-order chi connectivity index (χ0) is 27.9. The van der Waals surface area contributed by atoms with Crippen molar-refractivity contribution in [2.24, 2.45) is 0 Å². The Balaban J connectivity index is 1.62. The maximum absolute atomic E-state index is 13.5. The first kappa shape index (κ1) is 26.6. The van der Waals surface area contributed by atoms with Crippen LogP contribution in [0.3, 0.4) is 0 Å². The van der Waals surface area contributed by atoms with Gasteiger partial charge in [-0.15, -0.1) is 13.2 Å². The molecule has 0 saturated heterocycles. The van der Waals surface area contributed by atoms with Gasteiger partial charge in [-0.05, 0) is 72.7 Å². The summed E-state index contributed by atoms with van der Waals surface area (Å²) in [7, 11) is -4.22. The van der Waals surface area contributed by atoms with E-state index in [9.17, 15) is 26.4 Å². The summed E-state index contributed by atoms with van der Waals surface area (Å²) in [6.45, 7) is 1.82. The molecule has 4 aromatic rings. The molecule has 0 spiro atoms. The highest BCUT2D eigenvalue weighted by Gasteiger charge is 2.33. The van der Waals surface area contributed by atoms with E-state index >= 15 is 0 Å². The first-order valence-corrected chi connectivity index (χ1v) is 13.5. The van der Waals surface area contributed by atoms with Crippen molar-refractivity contribution in [2.75, 3.05) is 0 Å². The number of nitrogens with zero attached hydrogens (tertiary/aromatic N) is 1. The van der Waals surface area contributed by atoms with E-state index in [1.54, 1.807) is 0 Å². The van der Waals surface area contributed by atoms with E-state index in [4.69, 9.17) is 10.1 Å². The zero-order valence-electron chi connectivity index (χ0n) is 20.6. The maximum Gasteiger partial charge on any atom is 0.573 e. The molecule has 1 saturated carbocycles. The van der Waals surface area contributed by atoms with Crippen LogP contribution in [0.15, 0.2) is 77.7 Å². The lowest BCUT2D eigenvalue weighted by Gasteiger charge is -2.23. The lowest BCUT2D eigenvalue weighted by atomic mass is 9.95. The summed E-state index contributed by atoms with van der Waals surface area (Å²) in [5.41, 5.74) is 2.26. The number of rotatable bonds is 8. The van der Waals surface area contributed by atoms with Gasteiger partial charge in [0.05, 0.1) is 27.9 Å². The molecule has 0 radical (unpaired) electrons. The first-order chi connectivity index (χ1) is 18.4. The number of aromatic carboxylic acids is 1. The Kier molecular flexibility index (Phi) is 6.81. The second kappa shape index (κ2) is 9.97. The highest BCUT2D eigenvalue weighted by Crippen LogP contribution is 2.44. The molecule has 1 fully saturated rings. The molecule has 0 amide bonds. The molecule has 0 bridgehead atoms. The van der Waals surface area contributed by atoms with Gasteiger partial charge in [-0.25, -0.2) is 13.2 Å². The van der Waals surface area contributed by atoms with Crippen molar-refractivity contribution >= 4 is 26.8 Å². The maximum atomic E-state index is 13.5. The summed E-state index contributed by atoms with van der Waals surface area (Å²) >= 11 is 0. The number of hydrogen-bond donors (Lipinski definition) is 2. The number of hydrogen-bond acceptors (Lipinski definition) is 5. The standard InChI is InChI=1S/C28H23F3N2O5S/c1-16-22-4-2-3-5-23(22)25(17-6-7-17)32-24(16)26(18-8-12-20(13-9-18)38-28(29,30)31)33-39(36,37)21-14-10-19(11-15-21)27(34)35/h2-5,8-15,17,26,33H,6-7H2,1H3,(H,34,35). The first-order valence-electron chi connectivity index (χ1n) is 12.0. The number of fused-ring (bicyclic) bond motifs is 1. The normalized spacial score (nSPS) is 14.8. The summed E-state index contributed by atoms with van der Waals surface area (Å²) in [6.07, 6.45) is -2.97. The molecule has 2 N–H and O–H groups in total. The number of aryl methyl sites for hydroxylation is 1. The minimum Gasteiger partial charge on any atom is -0.478 e. The lowest BCUT2D eigenvalue weighted by Crippen LogP contribution is -2.31. The fourth-order valence-corrected chi connectivity index (χ4v) is 5.73. The van der Waals surface area contributed by atoms with Gasteiger partial charge in [0, 0.05) is 11.3 Å². The topological polar surface area (TPSA) is 106 Å². The number of ether oxygens (including phenoxy) is 1. The third-order valence-corrected chi connectivity index (χ3v) is 8.04. The number of halogens is 3. The number of carbonyl (C=O) groups is 1. The van der Waals surface area contributed by atoms with Crippen LogP contribution in [-0.4, -0.2) is 30.8 Å². The minimum absolute atomic E-state index is 0.0770. The molecular weight excluding hydrogens is 533 g/mol. The average Bonchev–Trinajstić information content (AvgIpc) is 3.73.